The van der Waals surface area contributed by atoms with Gasteiger partial charge in [0.25, 0.3) is 0 Å². The lowest BCUT2D eigenvalue weighted by Gasteiger charge is -2.08. The van der Waals surface area contributed by atoms with Gasteiger partial charge in [-0.25, -0.2) is 14.4 Å². The van der Waals surface area contributed by atoms with Crippen LogP contribution in [0.2, 0.25) is 0 Å². The SMILES string of the molecule is Fc1cccc(-n2cncc2-c2ccnc(Br)c2)c1. The summed E-state index contributed by atoms with van der Waals surface area (Å²) in [5, 5.41) is 0. The average molecular weight is 318 g/mol. The van der Waals surface area contributed by atoms with E-state index in [0.717, 1.165) is 21.5 Å². The molecule has 0 N–H and O–H groups in total. The second-order valence-corrected chi connectivity index (χ2v) is 4.81. The highest BCUT2D eigenvalue weighted by Gasteiger charge is 2.08. The molecule has 19 heavy (non-hydrogen) atoms. The maximum absolute atomic E-state index is 13.3. The van der Waals surface area contributed by atoms with Crippen molar-refractivity contribution in [3.8, 4) is 16.9 Å². The average Bonchev–Trinajstić information content (AvgIpc) is 2.88. The van der Waals surface area contributed by atoms with E-state index in [0.29, 0.717) is 0 Å². The van der Waals surface area contributed by atoms with Crippen LogP contribution in [0.1, 0.15) is 0 Å². The molecule has 0 spiro atoms. The van der Waals surface area contributed by atoms with Crippen LogP contribution >= 0.6 is 15.9 Å². The van der Waals surface area contributed by atoms with Crippen molar-refractivity contribution in [3.63, 3.8) is 0 Å². The molecule has 0 unspecified atom stereocenters. The van der Waals surface area contributed by atoms with Gasteiger partial charge in [-0.3, -0.25) is 4.57 Å². The molecule has 0 aliphatic rings. The highest BCUT2D eigenvalue weighted by molar-refractivity contribution is 9.10. The maximum atomic E-state index is 13.3. The lowest BCUT2D eigenvalue weighted by atomic mass is 10.2. The Morgan fingerprint density at radius 3 is 2.84 bits per heavy atom. The van der Waals surface area contributed by atoms with Crippen molar-refractivity contribution in [3.05, 3.63) is 65.5 Å². The zero-order chi connectivity index (χ0) is 13.2. The predicted molar refractivity (Wildman–Crippen MR) is 74.5 cm³/mol. The fourth-order valence-electron chi connectivity index (χ4n) is 1.90. The molecule has 2 heterocycles. The monoisotopic (exact) mass is 317 g/mol. The van der Waals surface area contributed by atoms with Crippen LogP contribution < -0.4 is 0 Å². The van der Waals surface area contributed by atoms with Crippen LogP contribution in [0.25, 0.3) is 16.9 Å². The lowest BCUT2D eigenvalue weighted by Crippen LogP contribution is -1.95. The van der Waals surface area contributed by atoms with E-state index in [9.17, 15) is 4.39 Å². The number of benzene rings is 1. The lowest BCUT2D eigenvalue weighted by molar-refractivity contribution is 0.626. The molecule has 0 fully saturated rings. The summed E-state index contributed by atoms with van der Waals surface area (Å²) in [6.07, 6.45) is 5.12. The summed E-state index contributed by atoms with van der Waals surface area (Å²) in [6.45, 7) is 0. The molecule has 0 bridgehead atoms. The normalized spacial score (nSPS) is 10.6. The standard InChI is InChI=1S/C14H9BrFN3/c15-14-6-10(4-5-18-14)13-8-17-9-19(13)12-3-1-2-11(16)7-12/h1-9H. The van der Waals surface area contributed by atoms with Crippen LogP contribution in [0.3, 0.4) is 0 Å². The third kappa shape index (κ3) is 2.42. The van der Waals surface area contributed by atoms with Crippen LogP contribution in [-0.2, 0) is 0 Å². The molecule has 2 aromatic heterocycles. The van der Waals surface area contributed by atoms with Crippen LogP contribution in [0, 0.1) is 5.82 Å². The van der Waals surface area contributed by atoms with Crippen LogP contribution in [0.5, 0.6) is 0 Å². The summed E-state index contributed by atoms with van der Waals surface area (Å²) in [4.78, 5) is 8.23. The first-order chi connectivity index (χ1) is 9.24. The minimum absolute atomic E-state index is 0.270. The summed E-state index contributed by atoms with van der Waals surface area (Å²) in [7, 11) is 0. The molecule has 5 heteroatoms. The first-order valence-electron chi connectivity index (χ1n) is 5.64. The van der Waals surface area contributed by atoms with Crippen molar-refractivity contribution in [2.24, 2.45) is 0 Å². The number of nitrogens with zero attached hydrogens (tertiary/aromatic N) is 3. The van der Waals surface area contributed by atoms with Gasteiger partial charge in [0.2, 0.25) is 0 Å². The van der Waals surface area contributed by atoms with E-state index in [2.05, 4.69) is 25.9 Å². The van der Waals surface area contributed by atoms with Gasteiger partial charge in [0.05, 0.1) is 23.9 Å². The Kier molecular flexibility index (Phi) is 3.13. The van der Waals surface area contributed by atoms with E-state index in [1.165, 1.54) is 12.1 Å². The van der Waals surface area contributed by atoms with E-state index in [4.69, 9.17) is 0 Å². The Morgan fingerprint density at radius 1 is 1.16 bits per heavy atom. The molecule has 0 aliphatic heterocycles. The molecule has 0 atom stereocenters. The summed E-state index contributed by atoms with van der Waals surface area (Å²) in [5.74, 6) is -0.270. The van der Waals surface area contributed by atoms with Gasteiger partial charge in [-0.05, 0) is 46.3 Å². The van der Waals surface area contributed by atoms with E-state index in [-0.39, 0.29) is 5.82 Å². The van der Waals surface area contributed by atoms with Crippen LogP contribution in [0.15, 0.2) is 59.7 Å². The number of hydrogen-bond donors (Lipinski definition) is 0. The van der Waals surface area contributed by atoms with Crippen LogP contribution in [0.4, 0.5) is 4.39 Å². The third-order valence-corrected chi connectivity index (χ3v) is 3.18. The number of hydrogen-bond acceptors (Lipinski definition) is 2. The molecular weight excluding hydrogens is 309 g/mol. The highest BCUT2D eigenvalue weighted by Crippen LogP contribution is 2.24. The minimum Gasteiger partial charge on any atom is -0.299 e. The zero-order valence-electron chi connectivity index (χ0n) is 9.79. The largest absolute Gasteiger partial charge is 0.299 e. The molecule has 0 aliphatic carbocycles. The second-order valence-electron chi connectivity index (χ2n) is 4.00. The van der Waals surface area contributed by atoms with Crippen molar-refractivity contribution >= 4 is 15.9 Å². The summed E-state index contributed by atoms with van der Waals surface area (Å²) >= 11 is 3.34. The fraction of sp³-hybridized carbons (Fsp3) is 0. The van der Waals surface area contributed by atoms with Gasteiger partial charge in [0, 0.05) is 11.8 Å². The van der Waals surface area contributed by atoms with Crippen molar-refractivity contribution < 1.29 is 4.39 Å². The van der Waals surface area contributed by atoms with E-state index in [1.807, 2.05) is 22.8 Å². The summed E-state index contributed by atoms with van der Waals surface area (Å²) in [5.41, 5.74) is 2.58. The van der Waals surface area contributed by atoms with Gasteiger partial charge in [0.1, 0.15) is 10.4 Å². The summed E-state index contributed by atoms with van der Waals surface area (Å²) in [6, 6.07) is 10.2. The Hall–Kier alpha value is -2.01. The number of pyridine rings is 1. The van der Waals surface area contributed by atoms with Gasteiger partial charge in [-0.1, -0.05) is 6.07 Å². The van der Waals surface area contributed by atoms with Gasteiger partial charge in [-0.15, -0.1) is 0 Å². The Bertz CT molecular complexity index is 664. The van der Waals surface area contributed by atoms with Crippen molar-refractivity contribution in [1.82, 2.24) is 14.5 Å². The Balaban J connectivity index is 2.13. The molecule has 0 saturated heterocycles. The van der Waals surface area contributed by atoms with Gasteiger partial charge in [0.15, 0.2) is 0 Å². The molecule has 3 aromatic rings. The number of halogens is 2. The zero-order valence-corrected chi connectivity index (χ0v) is 11.4. The molecule has 3 rings (SSSR count). The predicted octanol–water partition coefficient (Wildman–Crippen LogP) is 3.84. The Labute approximate surface area is 117 Å². The number of rotatable bonds is 2. The van der Waals surface area contributed by atoms with E-state index < -0.39 is 0 Å². The van der Waals surface area contributed by atoms with Crippen LogP contribution in [-0.4, -0.2) is 14.5 Å². The highest BCUT2D eigenvalue weighted by atomic mass is 79.9. The molecule has 0 amide bonds. The maximum Gasteiger partial charge on any atom is 0.125 e. The van der Waals surface area contributed by atoms with E-state index in [1.54, 1.807) is 24.8 Å². The third-order valence-electron chi connectivity index (χ3n) is 2.75. The van der Waals surface area contributed by atoms with E-state index >= 15 is 0 Å². The minimum atomic E-state index is -0.270. The molecule has 94 valence electrons. The van der Waals surface area contributed by atoms with Crippen molar-refractivity contribution in [2.45, 2.75) is 0 Å². The fourth-order valence-corrected chi connectivity index (χ4v) is 2.27. The molecule has 0 radical (unpaired) electrons. The topological polar surface area (TPSA) is 30.7 Å². The molecule has 1 aromatic carbocycles. The van der Waals surface area contributed by atoms with Crippen molar-refractivity contribution in [2.75, 3.05) is 0 Å². The molecule has 3 nitrogen and oxygen atoms in total. The van der Waals surface area contributed by atoms with Crippen molar-refractivity contribution in [1.29, 1.82) is 0 Å². The molecule has 0 saturated carbocycles. The first-order valence-corrected chi connectivity index (χ1v) is 6.43. The van der Waals surface area contributed by atoms with Gasteiger partial charge in [-0.2, -0.15) is 0 Å². The first kappa shape index (κ1) is 12.0. The number of aromatic nitrogens is 3. The number of imidazole rings is 1. The van der Waals surface area contributed by atoms with Gasteiger partial charge < -0.3 is 0 Å². The second kappa shape index (κ2) is 4.93. The van der Waals surface area contributed by atoms with Gasteiger partial charge >= 0.3 is 0 Å². The molecular formula is C14H9BrFN3. The Morgan fingerprint density at radius 2 is 2.05 bits per heavy atom. The smallest absolute Gasteiger partial charge is 0.125 e. The summed E-state index contributed by atoms with van der Waals surface area (Å²) < 4.78 is 15.9. The quantitative estimate of drug-likeness (QED) is 0.672.